The summed E-state index contributed by atoms with van der Waals surface area (Å²) < 4.78 is 22.7. The molecule has 0 aliphatic rings. The molecule has 0 saturated heterocycles. The van der Waals surface area contributed by atoms with Crippen LogP contribution < -0.4 is 10.6 Å². The lowest BCUT2D eigenvalue weighted by molar-refractivity contribution is -0.115. The van der Waals surface area contributed by atoms with E-state index in [2.05, 4.69) is 17.6 Å². The molecule has 0 aliphatic carbocycles. The Labute approximate surface area is 120 Å². The fraction of sp³-hybridized carbons (Fsp3) is 0.500. The number of nitrogens with one attached hydrogen (secondary N) is 2. The maximum absolute atomic E-state index is 11.8. The van der Waals surface area contributed by atoms with Gasteiger partial charge in [-0.1, -0.05) is 19.1 Å². The summed E-state index contributed by atoms with van der Waals surface area (Å²) in [6.07, 6.45) is 2.12. The first-order chi connectivity index (χ1) is 9.34. The molecule has 1 rings (SSSR count). The van der Waals surface area contributed by atoms with Crippen molar-refractivity contribution in [3.63, 3.8) is 0 Å². The average molecular weight is 298 g/mol. The first-order valence-corrected chi connectivity index (χ1v) is 8.59. The molecule has 0 saturated carbocycles. The first-order valence-electron chi connectivity index (χ1n) is 6.64. The molecule has 1 atom stereocenters. The molecule has 1 aromatic rings. The van der Waals surface area contributed by atoms with E-state index in [-0.39, 0.29) is 0 Å². The van der Waals surface area contributed by atoms with Gasteiger partial charge in [-0.3, -0.25) is 4.79 Å². The molecule has 5 nitrogen and oxygen atoms in total. The highest BCUT2D eigenvalue weighted by atomic mass is 32.2. The van der Waals surface area contributed by atoms with Gasteiger partial charge in [-0.05, 0) is 37.6 Å². The van der Waals surface area contributed by atoms with E-state index < -0.39 is 21.0 Å². The predicted octanol–water partition coefficient (Wildman–Crippen LogP) is 1.56. The smallest absolute Gasteiger partial charge is 0.242 e. The van der Waals surface area contributed by atoms with Crippen LogP contribution in [0.1, 0.15) is 25.8 Å². The Bertz CT molecular complexity index is 555. The zero-order valence-electron chi connectivity index (χ0n) is 12.1. The van der Waals surface area contributed by atoms with Gasteiger partial charge in [-0.25, -0.2) is 8.42 Å². The molecule has 0 spiro atoms. The number of sulfone groups is 1. The molecule has 1 aromatic carbocycles. The van der Waals surface area contributed by atoms with Crippen molar-refractivity contribution in [2.75, 3.05) is 18.1 Å². The third kappa shape index (κ3) is 5.30. The number of carbonyl (C=O) groups is 1. The average Bonchev–Trinajstić information content (AvgIpc) is 2.37. The summed E-state index contributed by atoms with van der Waals surface area (Å²) in [6, 6.07) is 7.38. The van der Waals surface area contributed by atoms with Gasteiger partial charge < -0.3 is 10.6 Å². The minimum Gasteiger partial charge on any atom is -0.325 e. The largest absolute Gasteiger partial charge is 0.325 e. The summed E-state index contributed by atoms with van der Waals surface area (Å²) in [7, 11) is -3.37. The molecule has 1 amide bonds. The van der Waals surface area contributed by atoms with Gasteiger partial charge in [0.1, 0.15) is 5.25 Å². The quantitative estimate of drug-likeness (QED) is 0.749. The second-order valence-electron chi connectivity index (χ2n) is 4.84. The Kier molecular flexibility index (Phi) is 6.16. The standard InChI is InChI=1S/C14H22N2O3S/c1-4-8-15-10-12-6-5-7-13(9-12)16-14(17)11(2)20(3,18)19/h5-7,9,11,15H,4,8,10H2,1-3H3,(H,16,17). The molecular formula is C14H22N2O3S. The molecule has 6 heteroatoms. The minimum absolute atomic E-state index is 0.508. The van der Waals surface area contributed by atoms with Crippen molar-refractivity contribution in [2.24, 2.45) is 0 Å². The van der Waals surface area contributed by atoms with E-state index in [4.69, 9.17) is 0 Å². The number of hydrogen-bond acceptors (Lipinski definition) is 4. The van der Waals surface area contributed by atoms with Crippen LogP contribution >= 0.6 is 0 Å². The summed E-state index contributed by atoms with van der Waals surface area (Å²) in [5, 5.41) is 4.85. The normalized spacial score (nSPS) is 12.9. The first kappa shape index (κ1) is 16.7. The zero-order valence-corrected chi connectivity index (χ0v) is 13.0. The highest BCUT2D eigenvalue weighted by Gasteiger charge is 2.23. The van der Waals surface area contributed by atoms with E-state index in [9.17, 15) is 13.2 Å². The van der Waals surface area contributed by atoms with Crippen molar-refractivity contribution >= 4 is 21.4 Å². The molecule has 20 heavy (non-hydrogen) atoms. The van der Waals surface area contributed by atoms with Gasteiger partial charge in [0.05, 0.1) is 0 Å². The molecule has 0 aromatic heterocycles. The van der Waals surface area contributed by atoms with Gasteiger partial charge in [0.15, 0.2) is 9.84 Å². The third-order valence-electron chi connectivity index (χ3n) is 2.96. The summed E-state index contributed by atoms with van der Waals surface area (Å²) in [5.41, 5.74) is 1.66. The third-order valence-corrected chi connectivity index (χ3v) is 4.46. The van der Waals surface area contributed by atoms with Gasteiger partial charge >= 0.3 is 0 Å². The Balaban J connectivity index is 2.68. The topological polar surface area (TPSA) is 75.3 Å². The number of carbonyl (C=O) groups excluding carboxylic acids is 1. The van der Waals surface area contributed by atoms with Crippen LogP contribution in [-0.2, 0) is 21.2 Å². The molecule has 0 heterocycles. The van der Waals surface area contributed by atoms with Crippen LogP contribution in [0, 0.1) is 0 Å². The maximum atomic E-state index is 11.8. The van der Waals surface area contributed by atoms with Crippen LogP contribution in [0.4, 0.5) is 5.69 Å². The van der Waals surface area contributed by atoms with Crippen LogP contribution in [0.5, 0.6) is 0 Å². The Morgan fingerprint density at radius 2 is 2.05 bits per heavy atom. The highest BCUT2D eigenvalue weighted by molar-refractivity contribution is 7.92. The maximum Gasteiger partial charge on any atom is 0.242 e. The van der Waals surface area contributed by atoms with Crippen molar-refractivity contribution in [3.05, 3.63) is 29.8 Å². The molecule has 2 N–H and O–H groups in total. The molecule has 0 radical (unpaired) electrons. The van der Waals surface area contributed by atoms with Gasteiger partial charge in [-0.2, -0.15) is 0 Å². The van der Waals surface area contributed by atoms with Gasteiger partial charge in [0.2, 0.25) is 5.91 Å². The lowest BCUT2D eigenvalue weighted by Crippen LogP contribution is -2.31. The van der Waals surface area contributed by atoms with Gasteiger partial charge in [0, 0.05) is 18.5 Å². The van der Waals surface area contributed by atoms with E-state index in [1.807, 2.05) is 18.2 Å². The summed E-state index contributed by atoms with van der Waals surface area (Å²) in [5.74, 6) is -0.508. The van der Waals surface area contributed by atoms with Crippen LogP contribution in [-0.4, -0.2) is 32.4 Å². The second kappa shape index (κ2) is 7.40. The fourth-order valence-electron chi connectivity index (χ4n) is 1.61. The number of anilines is 1. The zero-order chi connectivity index (χ0) is 15.2. The summed E-state index contributed by atoms with van der Waals surface area (Å²) in [4.78, 5) is 11.8. The van der Waals surface area contributed by atoms with E-state index in [1.165, 1.54) is 6.92 Å². The lowest BCUT2D eigenvalue weighted by Gasteiger charge is -2.11. The van der Waals surface area contributed by atoms with Gasteiger partial charge in [0.25, 0.3) is 0 Å². The van der Waals surface area contributed by atoms with Crippen molar-refractivity contribution in [1.29, 1.82) is 0 Å². The number of amides is 1. The van der Waals surface area contributed by atoms with Gasteiger partial charge in [-0.15, -0.1) is 0 Å². The Hall–Kier alpha value is -1.40. The lowest BCUT2D eigenvalue weighted by atomic mass is 10.2. The molecule has 0 aliphatic heterocycles. The molecule has 0 bridgehead atoms. The van der Waals surface area contributed by atoms with Crippen LogP contribution in [0.25, 0.3) is 0 Å². The monoisotopic (exact) mass is 298 g/mol. The number of benzene rings is 1. The number of rotatable bonds is 7. The molecular weight excluding hydrogens is 276 g/mol. The van der Waals surface area contributed by atoms with Crippen LogP contribution in [0.2, 0.25) is 0 Å². The van der Waals surface area contributed by atoms with Crippen molar-refractivity contribution in [1.82, 2.24) is 5.32 Å². The molecule has 0 fully saturated rings. The van der Waals surface area contributed by atoms with E-state index >= 15 is 0 Å². The van der Waals surface area contributed by atoms with E-state index in [0.717, 1.165) is 31.3 Å². The Morgan fingerprint density at radius 3 is 2.65 bits per heavy atom. The van der Waals surface area contributed by atoms with Crippen LogP contribution in [0.15, 0.2) is 24.3 Å². The second-order valence-corrected chi connectivity index (χ2v) is 7.20. The van der Waals surface area contributed by atoms with Crippen LogP contribution in [0.3, 0.4) is 0 Å². The van der Waals surface area contributed by atoms with Crippen molar-refractivity contribution < 1.29 is 13.2 Å². The number of hydrogen-bond donors (Lipinski definition) is 2. The summed E-state index contributed by atoms with van der Waals surface area (Å²) in [6.45, 7) is 5.13. The molecule has 112 valence electrons. The minimum atomic E-state index is -3.37. The van der Waals surface area contributed by atoms with E-state index in [1.54, 1.807) is 6.07 Å². The SMILES string of the molecule is CCCNCc1cccc(NC(=O)C(C)S(C)(=O)=O)c1. The summed E-state index contributed by atoms with van der Waals surface area (Å²) >= 11 is 0. The highest BCUT2D eigenvalue weighted by Crippen LogP contribution is 2.12. The fourth-order valence-corrected chi connectivity index (χ4v) is 2.05. The van der Waals surface area contributed by atoms with Crippen molar-refractivity contribution in [2.45, 2.75) is 32.1 Å². The Morgan fingerprint density at radius 1 is 1.35 bits per heavy atom. The van der Waals surface area contributed by atoms with E-state index in [0.29, 0.717) is 5.69 Å². The predicted molar refractivity (Wildman–Crippen MR) is 81.4 cm³/mol. The molecule has 1 unspecified atom stereocenters. The van der Waals surface area contributed by atoms with Crippen molar-refractivity contribution in [3.8, 4) is 0 Å².